The molecule has 0 spiro atoms. The number of carbonyl (C=O) groups is 2. The second-order valence-corrected chi connectivity index (χ2v) is 7.62. The first kappa shape index (κ1) is 19.7. The van der Waals surface area contributed by atoms with E-state index in [9.17, 15) is 9.59 Å². The van der Waals surface area contributed by atoms with Crippen molar-refractivity contribution in [2.24, 2.45) is 0 Å². The van der Waals surface area contributed by atoms with Gasteiger partial charge in [-0.05, 0) is 62.8 Å². The molecule has 2 heterocycles. The Morgan fingerprint density at radius 2 is 1.70 bits per heavy atom. The van der Waals surface area contributed by atoms with Crippen molar-refractivity contribution < 1.29 is 14.3 Å². The van der Waals surface area contributed by atoms with E-state index in [4.69, 9.17) is 4.74 Å². The highest BCUT2D eigenvalue weighted by atomic mass is 16.5. The van der Waals surface area contributed by atoms with Crippen molar-refractivity contribution in [2.45, 2.75) is 64.3 Å². The molecule has 0 radical (unpaired) electrons. The van der Waals surface area contributed by atoms with Crippen molar-refractivity contribution >= 4 is 11.8 Å². The lowest BCUT2D eigenvalue weighted by Crippen LogP contribution is -2.52. The van der Waals surface area contributed by atoms with Crippen LogP contribution >= 0.6 is 0 Å². The molecule has 0 saturated carbocycles. The normalized spacial score (nSPS) is 20.0. The van der Waals surface area contributed by atoms with Gasteiger partial charge in [-0.2, -0.15) is 0 Å². The first-order chi connectivity index (χ1) is 13.2. The number of nitrogens with zero attached hydrogens (tertiary/aromatic N) is 2. The van der Waals surface area contributed by atoms with Gasteiger partial charge in [-0.15, -0.1) is 0 Å². The highest BCUT2D eigenvalue weighted by molar-refractivity contribution is 5.97. The Labute approximate surface area is 162 Å². The molecule has 0 aliphatic carbocycles. The van der Waals surface area contributed by atoms with Gasteiger partial charge in [-0.25, -0.2) is 0 Å². The molecule has 3 rings (SSSR count). The molecular weight excluding hydrogens is 340 g/mol. The summed E-state index contributed by atoms with van der Waals surface area (Å²) in [6, 6.07) is 7.07. The second kappa shape index (κ2) is 9.77. The third kappa shape index (κ3) is 5.02. The Kier molecular flexibility index (Phi) is 7.13. The zero-order valence-corrected chi connectivity index (χ0v) is 16.5. The summed E-state index contributed by atoms with van der Waals surface area (Å²) in [5.74, 6) is 0.896. The Morgan fingerprint density at radius 1 is 1.00 bits per heavy atom. The standard InChI is InChI=1S/C22H32N2O3/c1-2-3-8-17-27-19-12-10-18(11-13-19)21(25)24-16-5-4-9-20(24)22(26)23-14-6-7-15-23/h10-13,20H,2-9,14-17H2,1H3. The molecule has 27 heavy (non-hydrogen) atoms. The molecule has 0 N–H and O–H groups in total. The first-order valence-electron chi connectivity index (χ1n) is 10.5. The summed E-state index contributed by atoms with van der Waals surface area (Å²) >= 11 is 0. The van der Waals surface area contributed by atoms with E-state index < -0.39 is 0 Å². The average molecular weight is 373 g/mol. The minimum Gasteiger partial charge on any atom is -0.494 e. The molecular formula is C22H32N2O3. The maximum Gasteiger partial charge on any atom is 0.254 e. The summed E-state index contributed by atoms with van der Waals surface area (Å²) in [7, 11) is 0. The number of rotatable bonds is 7. The molecule has 148 valence electrons. The number of carbonyl (C=O) groups excluding carboxylic acids is 2. The second-order valence-electron chi connectivity index (χ2n) is 7.62. The molecule has 2 aliphatic heterocycles. The van der Waals surface area contributed by atoms with E-state index in [-0.39, 0.29) is 17.9 Å². The van der Waals surface area contributed by atoms with Crippen LogP contribution in [0.4, 0.5) is 0 Å². The van der Waals surface area contributed by atoms with Gasteiger partial charge in [0.2, 0.25) is 5.91 Å². The van der Waals surface area contributed by atoms with Gasteiger partial charge < -0.3 is 14.5 Å². The van der Waals surface area contributed by atoms with E-state index in [1.807, 2.05) is 29.2 Å². The predicted octanol–water partition coefficient (Wildman–Crippen LogP) is 3.87. The fourth-order valence-corrected chi connectivity index (χ4v) is 3.98. The third-order valence-electron chi connectivity index (χ3n) is 5.58. The van der Waals surface area contributed by atoms with Gasteiger partial charge in [-0.3, -0.25) is 9.59 Å². The number of likely N-dealkylation sites (tertiary alicyclic amines) is 2. The number of hydrogen-bond acceptors (Lipinski definition) is 3. The third-order valence-corrected chi connectivity index (χ3v) is 5.58. The van der Waals surface area contributed by atoms with Crippen molar-refractivity contribution in [2.75, 3.05) is 26.2 Å². The molecule has 2 aliphatic rings. The van der Waals surface area contributed by atoms with E-state index in [1.165, 1.54) is 6.42 Å². The number of benzene rings is 1. The summed E-state index contributed by atoms with van der Waals surface area (Å²) in [5.41, 5.74) is 0.636. The molecule has 2 fully saturated rings. The lowest BCUT2D eigenvalue weighted by molar-refractivity contribution is -0.136. The van der Waals surface area contributed by atoms with Crippen molar-refractivity contribution in [1.82, 2.24) is 9.80 Å². The van der Waals surface area contributed by atoms with Crippen LogP contribution in [-0.2, 0) is 4.79 Å². The van der Waals surface area contributed by atoms with Crippen LogP contribution in [0.1, 0.15) is 68.6 Å². The minimum absolute atomic E-state index is 0.0372. The van der Waals surface area contributed by atoms with Crippen LogP contribution in [-0.4, -0.2) is 53.9 Å². The fraction of sp³-hybridized carbons (Fsp3) is 0.636. The van der Waals surface area contributed by atoms with Crippen molar-refractivity contribution in [3.63, 3.8) is 0 Å². The van der Waals surface area contributed by atoms with Gasteiger partial charge in [0, 0.05) is 25.2 Å². The predicted molar refractivity (Wildman–Crippen MR) is 106 cm³/mol. The topological polar surface area (TPSA) is 49.9 Å². The maximum atomic E-state index is 13.1. The fourth-order valence-electron chi connectivity index (χ4n) is 3.98. The summed E-state index contributed by atoms with van der Waals surface area (Å²) in [5, 5.41) is 0. The van der Waals surface area contributed by atoms with Crippen LogP contribution in [0.25, 0.3) is 0 Å². The summed E-state index contributed by atoms with van der Waals surface area (Å²) in [6.45, 7) is 5.21. The van der Waals surface area contributed by atoms with Crippen LogP contribution in [0.5, 0.6) is 5.75 Å². The van der Waals surface area contributed by atoms with Crippen LogP contribution < -0.4 is 4.74 Å². The minimum atomic E-state index is -0.297. The smallest absolute Gasteiger partial charge is 0.254 e. The van der Waals surface area contributed by atoms with Crippen LogP contribution in [0.15, 0.2) is 24.3 Å². The van der Waals surface area contributed by atoms with Gasteiger partial charge in [0.15, 0.2) is 0 Å². The average Bonchev–Trinajstić information content (AvgIpc) is 3.25. The largest absolute Gasteiger partial charge is 0.494 e. The maximum absolute atomic E-state index is 13.1. The number of unbranched alkanes of at least 4 members (excludes halogenated alkanes) is 2. The Balaban J connectivity index is 1.62. The molecule has 5 nitrogen and oxygen atoms in total. The number of ether oxygens (including phenoxy) is 1. The van der Waals surface area contributed by atoms with Gasteiger partial charge in [0.05, 0.1) is 6.61 Å². The first-order valence-corrected chi connectivity index (χ1v) is 10.5. The highest BCUT2D eigenvalue weighted by Gasteiger charge is 2.35. The molecule has 2 amide bonds. The molecule has 1 atom stereocenters. The number of hydrogen-bond donors (Lipinski definition) is 0. The molecule has 1 aromatic carbocycles. The van der Waals surface area contributed by atoms with E-state index >= 15 is 0 Å². The zero-order chi connectivity index (χ0) is 19.1. The lowest BCUT2D eigenvalue weighted by atomic mass is 9.99. The lowest BCUT2D eigenvalue weighted by Gasteiger charge is -2.36. The molecule has 5 heteroatoms. The van der Waals surface area contributed by atoms with Crippen molar-refractivity contribution in [3.8, 4) is 5.75 Å². The summed E-state index contributed by atoms with van der Waals surface area (Å²) < 4.78 is 5.73. The molecule has 1 unspecified atom stereocenters. The molecule has 2 saturated heterocycles. The SMILES string of the molecule is CCCCCOc1ccc(C(=O)N2CCCCC2C(=O)N2CCCC2)cc1. The summed E-state index contributed by atoms with van der Waals surface area (Å²) in [4.78, 5) is 29.7. The van der Waals surface area contributed by atoms with Crippen LogP contribution in [0.2, 0.25) is 0 Å². The van der Waals surface area contributed by atoms with E-state index in [0.29, 0.717) is 18.7 Å². The van der Waals surface area contributed by atoms with Crippen LogP contribution in [0, 0.1) is 0 Å². The quantitative estimate of drug-likeness (QED) is 0.683. The highest BCUT2D eigenvalue weighted by Crippen LogP contribution is 2.24. The Morgan fingerprint density at radius 3 is 2.41 bits per heavy atom. The molecule has 0 bridgehead atoms. The van der Waals surface area contributed by atoms with Crippen molar-refractivity contribution in [3.05, 3.63) is 29.8 Å². The molecule has 0 aromatic heterocycles. The Bertz CT molecular complexity index is 623. The van der Waals surface area contributed by atoms with Gasteiger partial charge in [-0.1, -0.05) is 19.8 Å². The Hall–Kier alpha value is -2.04. The monoisotopic (exact) mass is 372 g/mol. The van der Waals surface area contributed by atoms with E-state index in [1.54, 1.807) is 4.90 Å². The van der Waals surface area contributed by atoms with E-state index in [0.717, 1.165) is 63.8 Å². The zero-order valence-electron chi connectivity index (χ0n) is 16.5. The number of piperidine rings is 1. The van der Waals surface area contributed by atoms with Crippen molar-refractivity contribution in [1.29, 1.82) is 0 Å². The summed E-state index contributed by atoms with van der Waals surface area (Å²) in [6.07, 6.45) is 8.29. The van der Waals surface area contributed by atoms with E-state index in [2.05, 4.69) is 6.92 Å². The van der Waals surface area contributed by atoms with Gasteiger partial charge in [0.25, 0.3) is 5.91 Å². The van der Waals surface area contributed by atoms with Gasteiger partial charge in [0.1, 0.15) is 11.8 Å². The van der Waals surface area contributed by atoms with Gasteiger partial charge >= 0.3 is 0 Å². The van der Waals surface area contributed by atoms with Crippen LogP contribution in [0.3, 0.4) is 0 Å². The molecule has 1 aromatic rings. The number of amides is 2.